The number of nitrogens with zero attached hydrogens (tertiary/aromatic N) is 4. The van der Waals surface area contributed by atoms with Crippen LogP contribution >= 0.6 is 23.2 Å². The molecule has 4 rings (SSSR count). The maximum Gasteiger partial charge on any atom is 0.329 e. The maximum atomic E-state index is 13.5. The number of hydrogen-bond acceptors (Lipinski definition) is 6. The van der Waals surface area contributed by atoms with E-state index in [1.54, 1.807) is 29.6 Å². The standard InChI is InChI=1S/C22H21Cl2N5O3/c1-4-28-15-9-18(27-14-5-7-25-8-6-14)26-11-13(15)12-29(22(28)30)21-19(23)16(31-2)10-17(32-3)20(21)24/h5-11H,4,12H2,1-3H3,(H,25,26,27). The number of benzene rings is 1. The van der Waals surface area contributed by atoms with Crippen molar-refractivity contribution < 1.29 is 14.3 Å². The highest BCUT2D eigenvalue weighted by molar-refractivity contribution is 6.42. The number of carbonyl (C=O) groups is 1. The van der Waals surface area contributed by atoms with Crippen LogP contribution in [-0.2, 0) is 6.54 Å². The Morgan fingerprint density at radius 1 is 1.09 bits per heavy atom. The molecule has 0 radical (unpaired) electrons. The molecule has 0 saturated heterocycles. The number of pyridine rings is 2. The monoisotopic (exact) mass is 473 g/mol. The molecule has 166 valence electrons. The summed E-state index contributed by atoms with van der Waals surface area (Å²) in [7, 11) is 2.98. The Hall–Kier alpha value is -3.23. The molecule has 0 bridgehead atoms. The number of amides is 2. The van der Waals surface area contributed by atoms with Gasteiger partial charge in [0.15, 0.2) is 0 Å². The molecular formula is C22H21Cl2N5O3. The lowest BCUT2D eigenvalue weighted by Crippen LogP contribution is -2.47. The molecular weight excluding hydrogens is 453 g/mol. The molecule has 32 heavy (non-hydrogen) atoms. The summed E-state index contributed by atoms with van der Waals surface area (Å²) < 4.78 is 10.7. The summed E-state index contributed by atoms with van der Waals surface area (Å²) in [5.41, 5.74) is 2.79. The van der Waals surface area contributed by atoms with Gasteiger partial charge in [0.25, 0.3) is 0 Å². The van der Waals surface area contributed by atoms with Gasteiger partial charge >= 0.3 is 6.03 Å². The predicted molar refractivity (Wildman–Crippen MR) is 126 cm³/mol. The molecule has 1 aromatic carbocycles. The van der Waals surface area contributed by atoms with Gasteiger partial charge in [-0.2, -0.15) is 0 Å². The molecule has 8 nitrogen and oxygen atoms in total. The molecule has 10 heteroatoms. The lowest BCUT2D eigenvalue weighted by molar-refractivity contribution is 0.250. The number of ether oxygens (including phenoxy) is 2. The smallest absolute Gasteiger partial charge is 0.329 e. The lowest BCUT2D eigenvalue weighted by Gasteiger charge is -2.37. The van der Waals surface area contributed by atoms with Crippen molar-refractivity contribution in [3.63, 3.8) is 0 Å². The van der Waals surface area contributed by atoms with Crippen molar-refractivity contribution in [2.75, 3.05) is 35.9 Å². The number of aromatic nitrogens is 2. The molecule has 3 aromatic rings. The number of methoxy groups -OCH3 is 2. The van der Waals surface area contributed by atoms with Gasteiger partial charge in [0.1, 0.15) is 27.4 Å². The Morgan fingerprint density at radius 2 is 1.75 bits per heavy atom. The first-order valence-corrected chi connectivity index (χ1v) is 10.6. The normalized spacial score (nSPS) is 13.1. The quantitative estimate of drug-likeness (QED) is 0.508. The summed E-state index contributed by atoms with van der Waals surface area (Å²) in [5, 5.41) is 3.69. The third kappa shape index (κ3) is 3.87. The average Bonchev–Trinajstić information content (AvgIpc) is 2.80. The first-order chi connectivity index (χ1) is 15.5. The molecule has 0 aliphatic carbocycles. The van der Waals surface area contributed by atoms with Crippen molar-refractivity contribution in [2.24, 2.45) is 0 Å². The minimum absolute atomic E-state index is 0.232. The number of fused-ring (bicyclic) bond motifs is 1. The molecule has 3 heterocycles. The van der Waals surface area contributed by atoms with Gasteiger partial charge in [0, 0.05) is 48.5 Å². The van der Waals surface area contributed by atoms with E-state index in [9.17, 15) is 4.79 Å². The summed E-state index contributed by atoms with van der Waals surface area (Å²) in [4.78, 5) is 25.2. The van der Waals surface area contributed by atoms with E-state index in [0.717, 1.165) is 16.9 Å². The second-order valence-electron chi connectivity index (χ2n) is 6.93. The van der Waals surface area contributed by atoms with Crippen molar-refractivity contribution in [1.82, 2.24) is 9.97 Å². The molecule has 0 saturated carbocycles. The molecule has 1 aliphatic heterocycles. The van der Waals surface area contributed by atoms with Crippen molar-refractivity contribution in [3.8, 4) is 11.5 Å². The van der Waals surface area contributed by atoms with E-state index in [2.05, 4.69) is 15.3 Å². The van der Waals surface area contributed by atoms with Gasteiger partial charge < -0.3 is 14.8 Å². The summed E-state index contributed by atoms with van der Waals surface area (Å²) >= 11 is 13.1. The fourth-order valence-corrected chi connectivity index (χ4v) is 4.28. The van der Waals surface area contributed by atoms with Gasteiger partial charge in [-0.1, -0.05) is 23.2 Å². The van der Waals surface area contributed by atoms with Crippen LogP contribution in [0.1, 0.15) is 12.5 Å². The number of hydrogen-bond donors (Lipinski definition) is 1. The van der Waals surface area contributed by atoms with Crippen LogP contribution < -0.4 is 24.6 Å². The summed E-state index contributed by atoms with van der Waals surface area (Å²) in [6, 6.07) is 6.86. The average molecular weight is 474 g/mol. The summed E-state index contributed by atoms with van der Waals surface area (Å²) in [5.74, 6) is 1.34. The summed E-state index contributed by atoms with van der Waals surface area (Å²) in [6.45, 7) is 2.58. The minimum Gasteiger partial charge on any atom is -0.495 e. The fraction of sp³-hybridized carbons (Fsp3) is 0.227. The molecule has 1 N–H and O–H groups in total. The van der Waals surface area contributed by atoms with Gasteiger partial charge in [-0.3, -0.25) is 14.8 Å². The van der Waals surface area contributed by atoms with Gasteiger partial charge in [-0.25, -0.2) is 9.78 Å². The molecule has 0 atom stereocenters. The number of carbonyl (C=O) groups excluding carboxylic acids is 1. The Balaban J connectivity index is 1.76. The maximum absolute atomic E-state index is 13.5. The van der Waals surface area contributed by atoms with E-state index in [0.29, 0.717) is 29.5 Å². The van der Waals surface area contributed by atoms with Crippen molar-refractivity contribution >= 4 is 52.1 Å². The molecule has 2 aromatic heterocycles. The second-order valence-corrected chi connectivity index (χ2v) is 7.69. The summed E-state index contributed by atoms with van der Waals surface area (Å²) in [6.07, 6.45) is 5.12. The molecule has 0 spiro atoms. The number of rotatable bonds is 6. The van der Waals surface area contributed by atoms with Gasteiger partial charge in [-0.05, 0) is 19.1 Å². The highest BCUT2D eigenvalue weighted by atomic mass is 35.5. The minimum atomic E-state index is -0.264. The predicted octanol–water partition coefficient (Wildman–Crippen LogP) is 5.51. The van der Waals surface area contributed by atoms with Gasteiger partial charge in [0.05, 0.1) is 32.1 Å². The lowest BCUT2D eigenvalue weighted by atomic mass is 10.1. The molecule has 0 fully saturated rings. The highest BCUT2D eigenvalue weighted by Crippen LogP contribution is 2.48. The van der Waals surface area contributed by atoms with E-state index in [1.165, 1.54) is 19.1 Å². The van der Waals surface area contributed by atoms with Crippen molar-refractivity contribution in [1.29, 1.82) is 0 Å². The number of anilines is 4. The van der Waals surface area contributed by atoms with E-state index in [1.807, 2.05) is 25.1 Å². The van der Waals surface area contributed by atoms with Crippen molar-refractivity contribution in [2.45, 2.75) is 13.5 Å². The van der Waals surface area contributed by atoms with Gasteiger partial charge in [0.2, 0.25) is 0 Å². The topological polar surface area (TPSA) is 79.8 Å². The molecule has 1 aliphatic rings. The third-order valence-corrected chi connectivity index (χ3v) is 5.86. The van der Waals surface area contributed by atoms with Crippen LogP contribution in [0.4, 0.5) is 27.7 Å². The van der Waals surface area contributed by atoms with Crippen LogP contribution in [-0.4, -0.2) is 36.8 Å². The zero-order chi connectivity index (χ0) is 22.8. The van der Waals surface area contributed by atoms with Gasteiger partial charge in [-0.15, -0.1) is 0 Å². The number of urea groups is 1. The van der Waals surface area contributed by atoms with Crippen LogP contribution in [0.2, 0.25) is 10.0 Å². The van der Waals surface area contributed by atoms with Crippen LogP contribution in [0.25, 0.3) is 0 Å². The van der Waals surface area contributed by atoms with Crippen LogP contribution in [0, 0.1) is 0 Å². The Labute approximate surface area is 195 Å². The number of nitrogens with one attached hydrogen (secondary N) is 1. The largest absolute Gasteiger partial charge is 0.495 e. The molecule has 2 amide bonds. The van der Waals surface area contributed by atoms with Crippen LogP contribution in [0.15, 0.2) is 42.9 Å². The van der Waals surface area contributed by atoms with Crippen LogP contribution in [0.5, 0.6) is 11.5 Å². The Bertz CT molecular complexity index is 1130. The first-order valence-electron chi connectivity index (χ1n) is 9.83. The first kappa shape index (κ1) is 22.0. The number of halogens is 2. The SMILES string of the molecule is CCN1C(=O)N(c2c(Cl)c(OC)cc(OC)c2Cl)Cc2cnc(Nc3ccncc3)cc21. The second kappa shape index (κ2) is 9.10. The van der Waals surface area contributed by atoms with E-state index < -0.39 is 0 Å². The van der Waals surface area contributed by atoms with E-state index in [-0.39, 0.29) is 22.6 Å². The fourth-order valence-electron chi connectivity index (χ4n) is 3.57. The highest BCUT2D eigenvalue weighted by Gasteiger charge is 2.35. The Kier molecular flexibility index (Phi) is 6.25. The van der Waals surface area contributed by atoms with E-state index >= 15 is 0 Å². The third-order valence-electron chi connectivity index (χ3n) is 5.13. The molecule has 0 unspecified atom stereocenters. The van der Waals surface area contributed by atoms with Crippen LogP contribution in [0.3, 0.4) is 0 Å². The van der Waals surface area contributed by atoms with E-state index in [4.69, 9.17) is 32.7 Å². The van der Waals surface area contributed by atoms with Crippen molar-refractivity contribution in [3.05, 3.63) is 58.5 Å². The zero-order valence-corrected chi connectivity index (χ0v) is 19.2. The Morgan fingerprint density at radius 3 is 2.34 bits per heavy atom. The zero-order valence-electron chi connectivity index (χ0n) is 17.7.